The summed E-state index contributed by atoms with van der Waals surface area (Å²) in [5.74, 6) is 1.09. The summed E-state index contributed by atoms with van der Waals surface area (Å²) in [6.07, 6.45) is 1.41. The number of halogens is 1. The maximum absolute atomic E-state index is 13.5. The van der Waals surface area contributed by atoms with Crippen molar-refractivity contribution in [3.8, 4) is 11.5 Å². The summed E-state index contributed by atoms with van der Waals surface area (Å²) in [4.78, 5) is 11.9. The van der Waals surface area contributed by atoms with Crippen LogP contribution in [0.15, 0.2) is 42.5 Å². The highest BCUT2D eigenvalue weighted by Crippen LogP contribution is 2.23. The Labute approximate surface area is 141 Å². The van der Waals surface area contributed by atoms with E-state index in [1.165, 1.54) is 6.07 Å². The number of rotatable bonds is 8. The summed E-state index contributed by atoms with van der Waals surface area (Å²) in [7, 11) is 3.18. The molecule has 0 saturated carbocycles. The van der Waals surface area contributed by atoms with Crippen molar-refractivity contribution < 1.29 is 18.7 Å². The third-order valence-electron chi connectivity index (χ3n) is 3.73. The number of nitrogens with one attached hydrogen (secondary N) is 1. The molecule has 128 valence electrons. The number of aryl methyl sites for hydroxylation is 1. The Morgan fingerprint density at radius 2 is 1.71 bits per heavy atom. The average molecular weight is 331 g/mol. The van der Waals surface area contributed by atoms with Crippen molar-refractivity contribution in [2.75, 3.05) is 20.8 Å². The van der Waals surface area contributed by atoms with Gasteiger partial charge in [-0.25, -0.2) is 4.39 Å². The van der Waals surface area contributed by atoms with E-state index in [1.54, 1.807) is 38.5 Å². The van der Waals surface area contributed by atoms with Crippen molar-refractivity contribution in [1.29, 1.82) is 0 Å². The van der Waals surface area contributed by atoms with Gasteiger partial charge in [0.25, 0.3) is 0 Å². The lowest BCUT2D eigenvalue weighted by Gasteiger charge is -2.09. The van der Waals surface area contributed by atoms with Crippen LogP contribution in [0.1, 0.15) is 17.5 Å². The van der Waals surface area contributed by atoms with Crippen molar-refractivity contribution in [2.45, 2.75) is 19.3 Å². The van der Waals surface area contributed by atoms with Gasteiger partial charge in [0.05, 0.1) is 14.2 Å². The van der Waals surface area contributed by atoms with Crippen molar-refractivity contribution >= 4 is 5.91 Å². The minimum atomic E-state index is -0.241. The van der Waals surface area contributed by atoms with Crippen molar-refractivity contribution in [1.82, 2.24) is 5.32 Å². The lowest BCUT2D eigenvalue weighted by atomic mass is 10.1. The van der Waals surface area contributed by atoms with Crippen molar-refractivity contribution in [3.63, 3.8) is 0 Å². The Morgan fingerprint density at radius 3 is 2.33 bits per heavy atom. The second kappa shape index (κ2) is 8.91. The van der Waals surface area contributed by atoms with Crippen LogP contribution in [0, 0.1) is 5.82 Å². The standard InChI is InChI=1S/C19H22FNO3/c1-23-16-11-14(12-17(13-16)24-2)7-8-19(22)21-10-9-15-5-3-4-6-18(15)20/h3-6,11-13H,7-10H2,1-2H3,(H,21,22). The third kappa shape index (κ3) is 5.26. The maximum atomic E-state index is 13.5. The molecule has 1 N–H and O–H groups in total. The van der Waals surface area contributed by atoms with Gasteiger partial charge in [0.2, 0.25) is 5.91 Å². The Balaban J connectivity index is 1.80. The van der Waals surface area contributed by atoms with Gasteiger partial charge >= 0.3 is 0 Å². The molecule has 0 saturated heterocycles. The highest BCUT2D eigenvalue weighted by atomic mass is 19.1. The second-order valence-corrected chi connectivity index (χ2v) is 5.41. The zero-order valence-electron chi connectivity index (χ0n) is 14.0. The van der Waals surface area contributed by atoms with Gasteiger partial charge in [-0.2, -0.15) is 0 Å². The molecular weight excluding hydrogens is 309 g/mol. The van der Waals surface area contributed by atoms with Crippen molar-refractivity contribution in [2.24, 2.45) is 0 Å². The van der Waals surface area contributed by atoms with Crippen LogP contribution in [0.5, 0.6) is 11.5 Å². The number of benzene rings is 2. The van der Waals surface area contributed by atoms with E-state index in [0.29, 0.717) is 42.9 Å². The van der Waals surface area contributed by atoms with Gasteiger partial charge in [-0.15, -0.1) is 0 Å². The summed E-state index contributed by atoms with van der Waals surface area (Å²) >= 11 is 0. The van der Waals surface area contributed by atoms with E-state index in [2.05, 4.69) is 5.32 Å². The molecule has 1 amide bonds. The molecule has 0 aliphatic rings. The lowest BCUT2D eigenvalue weighted by molar-refractivity contribution is -0.121. The first-order chi connectivity index (χ1) is 11.6. The molecule has 5 heteroatoms. The predicted molar refractivity (Wildman–Crippen MR) is 91.0 cm³/mol. The number of hydrogen-bond donors (Lipinski definition) is 1. The zero-order valence-corrected chi connectivity index (χ0v) is 14.0. The maximum Gasteiger partial charge on any atom is 0.220 e. The fraction of sp³-hybridized carbons (Fsp3) is 0.316. The van der Waals surface area contributed by atoms with Crippen LogP contribution >= 0.6 is 0 Å². The van der Waals surface area contributed by atoms with Crippen molar-refractivity contribution in [3.05, 3.63) is 59.4 Å². The highest BCUT2D eigenvalue weighted by Gasteiger charge is 2.06. The van der Waals surface area contributed by atoms with E-state index in [4.69, 9.17) is 9.47 Å². The van der Waals surface area contributed by atoms with Crippen LogP contribution in [-0.2, 0) is 17.6 Å². The Morgan fingerprint density at radius 1 is 1.04 bits per heavy atom. The minimum absolute atomic E-state index is 0.0619. The summed E-state index contributed by atoms with van der Waals surface area (Å²) in [6.45, 7) is 0.418. The largest absolute Gasteiger partial charge is 0.497 e. The molecule has 0 spiro atoms. The second-order valence-electron chi connectivity index (χ2n) is 5.41. The molecule has 0 aromatic heterocycles. The first-order valence-corrected chi connectivity index (χ1v) is 7.84. The van der Waals surface area contributed by atoms with Crippen LogP contribution in [-0.4, -0.2) is 26.7 Å². The van der Waals surface area contributed by atoms with E-state index < -0.39 is 0 Å². The summed E-state index contributed by atoms with van der Waals surface area (Å²) in [5, 5.41) is 2.82. The van der Waals surface area contributed by atoms with E-state index in [0.717, 1.165) is 5.56 Å². The molecule has 4 nitrogen and oxygen atoms in total. The lowest BCUT2D eigenvalue weighted by Crippen LogP contribution is -2.26. The molecule has 0 bridgehead atoms. The SMILES string of the molecule is COc1cc(CCC(=O)NCCc2ccccc2F)cc(OC)c1. The molecular formula is C19H22FNO3. The van der Waals surface area contributed by atoms with Crippen LogP contribution in [0.2, 0.25) is 0 Å². The fourth-order valence-corrected chi connectivity index (χ4v) is 2.39. The molecule has 24 heavy (non-hydrogen) atoms. The highest BCUT2D eigenvalue weighted by molar-refractivity contribution is 5.76. The molecule has 2 aromatic carbocycles. The first-order valence-electron chi connectivity index (χ1n) is 7.84. The Bertz CT molecular complexity index is 666. The number of carbonyl (C=O) groups excluding carboxylic acids is 1. The first kappa shape index (κ1) is 17.8. The predicted octanol–water partition coefficient (Wildman–Crippen LogP) is 3.13. The van der Waals surface area contributed by atoms with E-state index in [1.807, 2.05) is 12.1 Å². The average Bonchev–Trinajstić information content (AvgIpc) is 2.61. The van der Waals surface area contributed by atoms with Gasteiger partial charge in [0.15, 0.2) is 0 Å². The summed E-state index contributed by atoms with van der Waals surface area (Å²) in [5.41, 5.74) is 1.57. The number of amides is 1. The Kier molecular flexibility index (Phi) is 6.61. The Hall–Kier alpha value is -2.56. The number of ether oxygens (including phenoxy) is 2. The molecule has 0 atom stereocenters. The molecule has 0 radical (unpaired) electrons. The summed E-state index contributed by atoms with van der Waals surface area (Å²) in [6, 6.07) is 12.1. The van der Waals surface area contributed by atoms with Gasteiger partial charge in [-0.3, -0.25) is 4.79 Å². The summed E-state index contributed by atoms with van der Waals surface area (Å²) < 4.78 is 23.9. The molecule has 2 rings (SSSR count). The number of hydrogen-bond acceptors (Lipinski definition) is 3. The third-order valence-corrected chi connectivity index (χ3v) is 3.73. The van der Waals surface area contributed by atoms with Gasteiger partial charge < -0.3 is 14.8 Å². The molecule has 0 aliphatic carbocycles. The van der Waals surface area contributed by atoms with Crippen LogP contribution < -0.4 is 14.8 Å². The smallest absolute Gasteiger partial charge is 0.220 e. The van der Waals surface area contributed by atoms with Gasteiger partial charge in [-0.05, 0) is 42.2 Å². The van der Waals surface area contributed by atoms with Gasteiger partial charge in [-0.1, -0.05) is 18.2 Å². The van der Waals surface area contributed by atoms with Crippen LogP contribution in [0.4, 0.5) is 4.39 Å². The topological polar surface area (TPSA) is 47.6 Å². The normalized spacial score (nSPS) is 10.3. The molecule has 2 aromatic rings. The van der Waals surface area contributed by atoms with Gasteiger partial charge in [0, 0.05) is 19.0 Å². The molecule has 0 aliphatic heterocycles. The fourth-order valence-electron chi connectivity index (χ4n) is 2.39. The van der Waals surface area contributed by atoms with Crippen LogP contribution in [0.25, 0.3) is 0 Å². The number of methoxy groups -OCH3 is 2. The van der Waals surface area contributed by atoms with E-state index >= 15 is 0 Å². The zero-order chi connectivity index (χ0) is 17.4. The molecule has 0 unspecified atom stereocenters. The molecule has 0 heterocycles. The monoisotopic (exact) mass is 331 g/mol. The van der Waals surface area contributed by atoms with E-state index in [-0.39, 0.29) is 11.7 Å². The van der Waals surface area contributed by atoms with E-state index in [9.17, 15) is 9.18 Å². The van der Waals surface area contributed by atoms with Gasteiger partial charge in [0.1, 0.15) is 17.3 Å². The minimum Gasteiger partial charge on any atom is -0.497 e. The van der Waals surface area contributed by atoms with Crippen LogP contribution in [0.3, 0.4) is 0 Å². The quantitative estimate of drug-likeness (QED) is 0.808. The molecule has 0 fully saturated rings. The number of carbonyl (C=O) groups is 1.